The molecule has 0 saturated carbocycles. The van der Waals surface area contributed by atoms with Crippen molar-refractivity contribution in [2.75, 3.05) is 14.2 Å². The summed E-state index contributed by atoms with van der Waals surface area (Å²) < 4.78 is 32.3. The molecule has 0 aliphatic carbocycles. The smallest absolute Gasteiger partial charge is 0.243 e. The van der Waals surface area contributed by atoms with Crippen LogP contribution in [0.5, 0.6) is 0 Å². The molecule has 1 rings (SSSR count). The summed E-state index contributed by atoms with van der Waals surface area (Å²) in [6, 6.07) is 6.73. The van der Waals surface area contributed by atoms with Crippen LogP contribution in [0.25, 0.3) is 0 Å². The van der Waals surface area contributed by atoms with E-state index in [0.29, 0.717) is 10.2 Å². The van der Waals surface area contributed by atoms with Crippen LogP contribution < -0.4 is 0 Å². The molecule has 0 amide bonds. The van der Waals surface area contributed by atoms with Gasteiger partial charge in [0.05, 0.1) is 17.0 Å². The molecule has 120 valence electrons. The van der Waals surface area contributed by atoms with Crippen molar-refractivity contribution in [3.8, 4) is 0 Å². The van der Waals surface area contributed by atoms with Gasteiger partial charge in [-0.2, -0.15) is 4.31 Å². The van der Waals surface area contributed by atoms with Gasteiger partial charge < -0.3 is 4.74 Å². The van der Waals surface area contributed by atoms with E-state index in [1.807, 2.05) is 32.9 Å². The van der Waals surface area contributed by atoms with Crippen LogP contribution in [0.3, 0.4) is 0 Å². The van der Waals surface area contributed by atoms with Gasteiger partial charge in [-0.1, -0.05) is 41.9 Å². The lowest BCUT2D eigenvalue weighted by Crippen LogP contribution is -2.47. The highest BCUT2D eigenvalue weighted by Crippen LogP contribution is 2.24. The molecule has 21 heavy (non-hydrogen) atoms. The van der Waals surface area contributed by atoms with Crippen molar-refractivity contribution in [1.82, 2.24) is 4.31 Å². The molecule has 0 aliphatic heterocycles. The number of methoxy groups -OCH3 is 1. The summed E-state index contributed by atoms with van der Waals surface area (Å²) >= 11 is 3.36. The SMILES string of the molecule is COC(C)C(C(C)C)N(C)S(=O)(=O)c1ccc(CBr)cc1. The van der Waals surface area contributed by atoms with E-state index in [0.717, 1.165) is 5.56 Å². The van der Waals surface area contributed by atoms with Crippen molar-refractivity contribution >= 4 is 26.0 Å². The van der Waals surface area contributed by atoms with E-state index in [1.54, 1.807) is 26.3 Å². The van der Waals surface area contributed by atoms with Gasteiger partial charge in [0, 0.05) is 19.5 Å². The van der Waals surface area contributed by atoms with E-state index >= 15 is 0 Å². The molecule has 0 heterocycles. The van der Waals surface area contributed by atoms with Crippen LogP contribution in [0.1, 0.15) is 26.3 Å². The van der Waals surface area contributed by atoms with Gasteiger partial charge in [0.15, 0.2) is 0 Å². The fourth-order valence-corrected chi connectivity index (χ4v) is 4.40. The van der Waals surface area contributed by atoms with Crippen LogP contribution in [0, 0.1) is 5.92 Å². The number of halogens is 1. The Hall–Kier alpha value is -0.430. The molecule has 2 atom stereocenters. The van der Waals surface area contributed by atoms with Crippen LogP contribution in [0.15, 0.2) is 29.2 Å². The van der Waals surface area contributed by atoms with Crippen molar-refractivity contribution in [2.45, 2.75) is 43.1 Å². The number of rotatable bonds is 7. The second-order valence-corrected chi connectivity index (χ2v) is 8.03. The average Bonchev–Trinajstić information content (AvgIpc) is 2.46. The Morgan fingerprint density at radius 2 is 1.71 bits per heavy atom. The summed E-state index contributed by atoms with van der Waals surface area (Å²) in [4.78, 5) is 0.309. The number of hydrogen-bond donors (Lipinski definition) is 0. The molecular formula is C15H24BrNO3S. The molecule has 0 aliphatic rings. The molecule has 6 heteroatoms. The average molecular weight is 378 g/mol. The van der Waals surface area contributed by atoms with Gasteiger partial charge in [-0.05, 0) is 30.5 Å². The zero-order chi connectivity index (χ0) is 16.2. The van der Waals surface area contributed by atoms with Gasteiger partial charge in [0.2, 0.25) is 10.0 Å². The molecule has 1 aromatic carbocycles. The van der Waals surface area contributed by atoms with E-state index in [1.165, 1.54) is 4.31 Å². The predicted molar refractivity (Wildman–Crippen MR) is 89.1 cm³/mol. The molecule has 0 fully saturated rings. The van der Waals surface area contributed by atoms with Crippen molar-refractivity contribution < 1.29 is 13.2 Å². The maximum Gasteiger partial charge on any atom is 0.243 e. The summed E-state index contributed by atoms with van der Waals surface area (Å²) in [5.41, 5.74) is 1.04. The number of sulfonamides is 1. The summed E-state index contributed by atoms with van der Waals surface area (Å²) in [6.45, 7) is 5.89. The van der Waals surface area contributed by atoms with Gasteiger partial charge in [-0.15, -0.1) is 0 Å². The topological polar surface area (TPSA) is 46.6 Å². The van der Waals surface area contributed by atoms with E-state index < -0.39 is 10.0 Å². The van der Waals surface area contributed by atoms with Crippen molar-refractivity contribution in [2.24, 2.45) is 5.92 Å². The minimum atomic E-state index is -3.53. The van der Waals surface area contributed by atoms with Gasteiger partial charge in [0.25, 0.3) is 0 Å². The number of ether oxygens (including phenoxy) is 1. The third kappa shape index (κ3) is 4.28. The molecular weight excluding hydrogens is 354 g/mol. The quantitative estimate of drug-likeness (QED) is 0.685. The molecule has 2 unspecified atom stereocenters. The second-order valence-electron chi connectivity index (χ2n) is 5.47. The Morgan fingerprint density at radius 3 is 2.10 bits per heavy atom. The number of alkyl halides is 1. The molecule has 0 aromatic heterocycles. The van der Waals surface area contributed by atoms with Crippen LogP contribution >= 0.6 is 15.9 Å². The van der Waals surface area contributed by atoms with Gasteiger partial charge in [-0.3, -0.25) is 0 Å². The highest BCUT2D eigenvalue weighted by molar-refractivity contribution is 9.08. The maximum atomic E-state index is 12.8. The molecule has 0 saturated heterocycles. The van der Waals surface area contributed by atoms with Gasteiger partial charge in [0.1, 0.15) is 0 Å². The number of hydrogen-bond acceptors (Lipinski definition) is 3. The minimum absolute atomic E-state index is 0.154. The van der Waals surface area contributed by atoms with E-state index in [2.05, 4.69) is 15.9 Å². The summed E-state index contributed by atoms with van der Waals surface area (Å²) in [5, 5.41) is 0.707. The Bertz CT molecular complexity index is 543. The van der Waals surface area contributed by atoms with Crippen LogP contribution in [-0.4, -0.2) is 39.0 Å². The lowest BCUT2D eigenvalue weighted by molar-refractivity contribution is 0.0432. The Balaban J connectivity index is 3.14. The normalized spacial score (nSPS) is 15.4. The fraction of sp³-hybridized carbons (Fsp3) is 0.600. The maximum absolute atomic E-state index is 12.8. The molecule has 0 bridgehead atoms. The van der Waals surface area contributed by atoms with Crippen molar-refractivity contribution in [3.05, 3.63) is 29.8 Å². The Kier molecular flexibility index (Phi) is 6.84. The van der Waals surface area contributed by atoms with Crippen LogP contribution in [-0.2, 0) is 20.1 Å². The largest absolute Gasteiger partial charge is 0.380 e. The number of nitrogens with zero attached hydrogens (tertiary/aromatic N) is 1. The highest BCUT2D eigenvalue weighted by atomic mass is 79.9. The highest BCUT2D eigenvalue weighted by Gasteiger charge is 2.33. The van der Waals surface area contributed by atoms with Crippen LogP contribution in [0.2, 0.25) is 0 Å². The zero-order valence-electron chi connectivity index (χ0n) is 13.2. The first kappa shape index (κ1) is 18.6. The Morgan fingerprint density at radius 1 is 1.19 bits per heavy atom. The molecule has 0 radical (unpaired) electrons. The summed E-state index contributed by atoms with van der Waals surface area (Å²) in [6.07, 6.45) is -0.174. The second kappa shape index (κ2) is 7.72. The summed E-state index contributed by atoms with van der Waals surface area (Å²) in [5.74, 6) is 0.154. The molecule has 0 spiro atoms. The van der Waals surface area contributed by atoms with Crippen molar-refractivity contribution in [1.29, 1.82) is 0 Å². The predicted octanol–water partition coefficient (Wildman–Crippen LogP) is 3.26. The summed E-state index contributed by atoms with van der Waals surface area (Å²) in [7, 11) is -0.304. The molecule has 1 aromatic rings. The van der Waals surface area contributed by atoms with Gasteiger partial charge >= 0.3 is 0 Å². The zero-order valence-corrected chi connectivity index (χ0v) is 15.6. The first-order valence-electron chi connectivity index (χ1n) is 6.91. The standard InChI is InChI=1S/C15H24BrNO3S/c1-11(2)15(12(3)20-5)17(4)21(18,19)14-8-6-13(10-16)7-9-14/h6-9,11-12,15H,10H2,1-5H3. The van der Waals surface area contributed by atoms with Crippen LogP contribution in [0.4, 0.5) is 0 Å². The molecule has 0 N–H and O–H groups in total. The lowest BCUT2D eigenvalue weighted by Gasteiger charge is -2.34. The minimum Gasteiger partial charge on any atom is -0.380 e. The number of benzene rings is 1. The first-order valence-corrected chi connectivity index (χ1v) is 9.47. The Labute approximate surface area is 136 Å². The third-order valence-corrected chi connectivity index (χ3v) is 6.23. The van der Waals surface area contributed by atoms with E-state index in [9.17, 15) is 8.42 Å². The van der Waals surface area contributed by atoms with E-state index in [-0.39, 0.29) is 18.1 Å². The number of likely N-dealkylation sites (N-methyl/N-ethyl adjacent to an activating group) is 1. The van der Waals surface area contributed by atoms with Crippen molar-refractivity contribution in [3.63, 3.8) is 0 Å². The van der Waals surface area contributed by atoms with Gasteiger partial charge in [-0.25, -0.2) is 8.42 Å². The van der Waals surface area contributed by atoms with E-state index in [4.69, 9.17) is 4.74 Å². The fourth-order valence-electron chi connectivity index (χ4n) is 2.47. The third-order valence-electron chi connectivity index (χ3n) is 3.71. The lowest BCUT2D eigenvalue weighted by atomic mass is 10.00. The molecule has 4 nitrogen and oxygen atoms in total. The first-order chi connectivity index (χ1) is 9.75. The monoisotopic (exact) mass is 377 g/mol.